The first-order valence-corrected chi connectivity index (χ1v) is 10.5. The molecule has 3 aromatic rings. The summed E-state index contributed by atoms with van der Waals surface area (Å²) in [5.74, 6) is -0.818. The predicted molar refractivity (Wildman–Crippen MR) is 119 cm³/mol. The number of nitrogens with zero attached hydrogens (tertiary/aromatic N) is 6. The van der Waals surface area contributed by atoms with Crippen molar-refractivity contribution < 1.29 is 23.0 Å². The molecule has 9 nitrogen and oxygen atoms in total. The number of phenolic OH excluding ortho intramolecular Hbond substituents is 1. The van der Waals surface area contributed by atoms with Crippen LogP contribution in [0.5, 0.6) is 11.5 Å². The van der Waals surface area contributed by atoms with Crippen molar-refractivity contribution in [2.75, 3.05) is 31.1 Å². The summed E-state index contributed by atoms with van der Waals surface area (Å²) >= 11 is 0. The number of rotatable bonds is 4. The number of hydrogen-bond acceptors (Lipinski definition) is 8. The second-order valence-electron chi connectivity index (χ2n) is 7.98. The third-order valence-corrected chi connectivity index (χ3v) is 5.81. The van der Waals surface area contributed by atoms with E-state index in [0.29, 0.717) is 48.5 Å². The second-order valence-corrected chi connectivity index (χ2v) is 7.98. The zero-order valence-electron chi connectivity index (χ0n) is 18.5. The van der Waals surface area contributed by atoms with Gasteiger partial charge >= 0.3 is 6.36 Å². The van der Waals surface area contributed by atoms with E-state index in [1.807, 2.05) is 21.9 Å². The second kappa shape index (κ2) is 9.16. The van der Waals surface area contributed by atoms with Crippen molar-refractivity contribution >= 4 is 16.7 Å². The van der Waals surface area contributed by atoms with Crippen molar-refractivity contribution in [3.63, 3.8) is 0 Å². The minimum absolute atomic E-state index is 0.0612. The first-order valence-electron chi connectivity index (χ1n) is 10.5. The molecule has 0 atom stereocenters. The number of pyridine rings is 2. The highest BCUT2D eigenvalue weighted by molar-refractivity contribution is 5.92. The average molecular weight is 484 g/mol. The van der Waals surface area contributed by atoms with Crippen LogP contribution in [0.2, 0.25) is 0 Å². The molecule has 12 heteroatoms. The molecule has 0 spiro atoms. The van der Waals surface area contributed by atoms with Gasteiger partial charge in [-0.05, 0) is 18.2 Å². The monoisotopic (exact) mass is 484 g/mol. The molecule has 1 aromatic carbocycles. The fraction of sp³-hybridized carbons (Fsp3) is 0.304. The number of fused-ring (bicyclic) bond motifs is 1. The largest absolute Gasteiger partial charge is 0.573 e. The highest BCUT2D eigenvalue weighted by Gasteiger charge is 2.31. The number of halogens is 3. The molecule has 0 bridgehead atoms. The van der Waals surface area contributed by atoms with E-state index in [9.17, 15) is 33.6 Å². The fourth-order valence-electron chi connectivity index (χ4n) is 4.11. The summed E-state index contributed by atoms with van der Waals surface area (Å²) in [4.78, 5) is 21.0. The standard InChI is InChI=1S/C23H19F3N6O3/c1-30-18-5-3-15(11-27)29-20(18)21(17(12-28)22(30)34)32-8-6-31(7-9-32)13-14-2-4-16(10-19(14)33)35-23(24,25)26/h2-5,10,33H,6-9,13H2,1H3. The maximum atomic E-state index is 12.8. The lowest BCUT2D eigenvalue weighted by Gasteiger charge is -2.36. The number of piperazine rings is 1. The van der Waals surface area contributed by atoms with Gasteiger partial charge < -0.3 is 19.3 Å². The summed E-state index contributed by atoms with van der Waals surface area (Å²) in [6.07, 6.45) is -4.85. The number of ether oxygens (including phenoxy) is 1. The van der Waals surface area contributed by atoms with Crippen LogP contribution in [0, 0.1) is 22.7 Å². The number of aryl methyl sites for hydroxylation is 1. The first kappa shape index (κ1) is 23.9. The molecular weight excluding hydrogens is 465 g/mol. The van der Waals surface area contributed by atoms with E-state index in [2.05, 4.69) is 9.72 Å². The first-order chi connectivity index (χ1) is 16.6. The highest BCUT2D eigenvalue weighted by Crippen LogP contribution is 2.31. The Morgan fingerprint density at radius 2 is 1.83 bits per heavy atom. The number of phenols is 1. The van der Waals surface area contributed by atoms with Crippen molar-refractivity contribution in [2.24, 2.45) is 7.05 Å². The van der Waals surface area contributed by atoms with Crippen LogP contribution in [0.3, 0.4) is 0 Å². The van der Waals surface area contributed by atoms with E-state index in [4.69, 9.17) is 0 Å². The molecule has 1 N–H and O–H groups in total. The minimum Gasteiger partial charge on any atom is -0.507 e. The van der Waals surface area contributed by atoms with Gasteiger partial charge in [0.1, 0.15) is 40.4 Å². The van der Waals surface area contributed by atoms with E-state index in [1.165, 1.54) is 16.7 Å². The normalized spacial score (nSPS) is 14.5. The molecule has 35 heavy (non-hydrogen) atoms. The number of anilines is 1. The molecule has 1 fully saturated rings. The van der Waals surface area contributed by atoms with E-state index >= 15 is 0 Å². The molecule has 0 aliphatic carbocycles. The van der Waals surface area contributed by atoms with Crippen molar-refractivity contribution in [2.45, 2.75) is 12.9 Å². The summed E-state index contributed by atoms with van der Waals surface area (Å²) in [6, 6.07) is 10.5. The van der Waals surface area contributed by atoms with Gasteiger partial charge in [-0.2, -0.15) is 10.5 Å². The van der Waals surface area contributed by atoms with Crippen LogP contribution < -0.4 is 15.2 Å². The molecule has 3 heterocycles. The van der Waals surface area contributed by atoms with Gasteiger partial charge in [-0.3, -0.25) is 9.69 Å². The summed E-state index contributed by atoms with van der Waals surface area (Å²) < 4.78 is 42.3. The number of nitriles is 2. The van der Waals surface area contributed by atoms with Gasteiger partial charge in [0.05, 0.1) is 11.2 Å². The molecule has 1 aliphatic rings. The lowest BCUT2D eigenvalue weighted by Crippen LogP contribution is -2.47. The molecule has 0 unspecified atom stereocenters. The van der Waals surface area contributed by atoms with Gasteiger partial charge in [0.25, 0.3) is 5.56 Å². The zero-order valence-corrected chi connectivity index (χ0v) is 18.5. The van der Waals surface area contributed by atoms with Gasteiger partial charge in [-0.15, -0.1) is 13.2 Å². The Labute approximate surface area is 197 Å². The summed E-state index contributed by atoms with van der Waals surface area (Å²) in [5.41, 5.74) is 1.33. The van der Waals surface area contributed by atoms with E-state index in [1.54, 1.807) is 13.1 Å². The molecule has 180 valence electrons. The topological polar surface area (TPSA) is 118 Å². The van der Waals surface area contributed by atoms with Gasteiger partial charge in [0.2, 0.25) is 0 Å². The Morgan fingerprint density at radius 1 is 1.11 bits per heavy atom. The summed E-state index contributed by atoms with van der Waals surface area (Å²) in [6.45, 7) is 2.10. The van der Waals surface area contributed by atoms with Crippen LogP contribution in [-0.2, 0) is 13.6 Å². The van der Waals surface area contributed by atoms with Crippen LogP contribution in [0.25, 0.3) is 11.0 Å². The molecule has 0 saturated carbocycles. The number of benzene rings is 1. The molecule has 0 radical (unpaired) electrons. The quantitative estimate of drug-likeness (QED) is 0.601. The fourth-order valence-corrected chi connectivity index (χ4v) is 4.11. The third kappa shape index (κ3) is 4.83. The van der Waals surface area contributed by atoms with Crippen molar-refractivity contribution in [1.29, 1.82) is 10.5 Å². The van der Waals surface area contributed by atoms with Gasteiger partial charge in [-0.25, -0.2) is 4.98 Å². The van der Waals surface area contributed by atoms with Crippen molar-refractivity contribution in [3.8, 4) is 23.6 Å². The number of aromatic nitrogens is 2. The SMILES string of the molecule is Cn1c(=O)c(C#N)c(N2CCN(Cc3ccc(OC(F)(F)F)cc3O)CC2)c2nc(C#N)ccc21. The van der Waals surface area contributed by atoms with Crippen LogP contribution in [0.1, 0.15) is 16.8 Å². The van der Waals surface area contributed by atoms with Gasteiger partial charge in [0.15, 0.2) is 0 Å². The van der Waals surface area contributed by atoms with E-state index < -0.39 is 17.7 Å². The number of aromatic hydroxyl groups is 1. The van der Waals surface area contributed by atoms with Crippen molar-refractivity contribution in [3.05, 3.63) is 57.5 Å². The molecule has 4 rings (SSSR count). The maximum Gasteiger partial charge on any atom is 0.573 e. The van der Waals surface area contributed by atoms with Crippen LogP contribution in [0.4, 0.5) is 18.9 Å². The maximum absolute atomic E-state index is 12.8. The molecule has 2 aromatic heterocycles. The van der Waals surface area contributed by atoms with E-state index in [-0.39, 0.29) is 23.6 Å². The summed E-state index contributed by atoms with van der Waals surface area (Å²) in [5, 5.41) is 29.1. The van der Waals surface area contributed by atoms with Crippen LogP contribution >= 0.6 is 0 Å². The zero-order chi connectivity index (χ0) is 25.3. The Hall–Kier alpha value is -4.29. The molecule has 1 saturated heterocycles. The minimum atomic E-state index is -4.85. The Kier molecular flexibility index (Phi) is 6.24. The van der Waals surface area contributed by atoms with Crippen LogP contribution in [0.15, 0.2) is 35.1 Å². The third-order valence-electron chi connectivity index (χ3n) is 5.81. The Morgan fingerprint density at radius 3 is 2.43 bits per heavy atom. The smallest absolute Gasteiger partial charge is 0.507 e. The average Bonchev–Trinajstić information content (AvgIpc) is 2.82. The van der Waals surface area contributed by atoms with Gasteiger partial charge in [0, 0.05) is 51.4 Å². The number of hydrogen-bond donors (Lipinski definition) is 1. The predicted octanol–water partition coefficient (Wildman–Crippen LogP) is 2.60. The highest BCUT2D eigenvalue weighted by atomic mass is 19.4. The lowest BCUT2D eigenvalue weighted by atomic mass is 10.1. The molecule has 1 aliphatic heterocycles. The van der Waals surface area contributed by atoms with Crippen LogP contribution in [-0.4, -0.2) is 52.1 Å². The van der Waals surface area contributed by atoms with E-state index in [0.717, 1.165) is 12.1 Å². The number of alkyl halides is 3. The van der Waals surface area contributed by atoms with Gasteiger partial charge in [-0.1, -0.05) is 6.07 Å². The molecular formula is C23H19F3N6O3. The lowest BCUT2D eigenvalue weighted by molar-refractivity contribution is -0.274. The summed E-state index contributed by atoms with van der Waals surface area (Å²) in [7, 11) is 1.54. The van der Waals surface area contributed by atoms with Crippen molar-refractivity contribution in [1.82, 2.24) is 14.5 Å². The Bertz CT molecular complexity index is 1430. The Balaban J connectivity index is 1.56. The molecule has 0 amide bonds.